The van der Waals surface area contributed by atoms with Crippen LogP contribution < -0.4 is 5.32 Å². The van der Waals surface area contributed by atoms with Crippen LogP contribution in [0.1, 0.15) is 52.7 Å². The maximum Gasteiger partial charge on any atom is 0.211 e. The molecule has 1 rings (SSSR count). The van der Waals surface area contributed by atoms with Crippen LogP contribution in [0.4, 0.5) is 5.69 Å². The number of anilines is 1. The first kappa shape index (κ1) is 14.6. The monoisotopic (exact) mass is 249 g/mol. The molecule has 0 heterocycles. The van der Waals surface area contributed by atoms with Crippen molar-refractivity contribution in [3.05, 3.63) is 23.3 Å². The van der Waals surface area contributed by atoms with Crippen molar-refractivity contribution >= 4 is 12.1 Å². The summed E-state index contributed by atoms with van der Waals surface area (Å²) in [5, 5.41) is 12.7. The first-order valence-electron chi connectivity index (χ1n) is 6.15. The summed E-state index contributed by atoms with van der Waals surface area (Å²) < 4.78 is 0. The van der Waals surface area contributed by atoms with Crippen molar-refractivity contribution in [3.63, 3.8) is 0 Å². The van der Waals surface area contributed by atoms with Gasteiger partial charge in [-0.15, -0.1) is 0 Å². The Labute approximate surface area is 109 Å². The van der Waals surface area contributed by atoms with Gasteiger partial charge in [0.25, 0.3) is 0 Å². The van der Waals surface area contributed by atoms with Crippen molar-refractivity contribution in [3.8, 4) is 5.75 Å². The molecule has 0 aromatic heterocycles. The van der Waals surface area contributed by atoms with Gasteiger partial charge in [-0.1, -0.05) is 41.5 Å². The van der Waals surface area contributed by atoms with Gasteiger partial charge in [-0.3, -0.25) is 4.79 Å². The molecule has 2 N–H and O–H groups in total. The van der Waals surface area contributed by atoms with Crippen LogP contribution in [0.25, 0.3) is 0 Å². The van der Waals surface area contributed by atoms with Crippen LogP contribution in [0.15, 0.2) is 12.1 Å². The lowest BCUT2D eigenvalue weighted by atomic mass is 9.79. The minimum atomic E-state index is -0.135. The Balaban J connectivity index is 3.50. The van der Waals surface area contributed by atoms with E-state index in [4.69, 9.17) is 0 Å². The topological polar surface area (TPSA) is 49.3 Å². The molecule has 1 aromatic rings. The fraction of sp³-hybridized carbons (Fsp3) is 0.533. The maximum atomic E-state index is 10.7. The lowest BCUT2D eigenvalue weighted by molar-refractivity contribution is -0.105. The van der Waals surface area contributed by atoms with E-state index in [2.05, 4.69) is 46.9 Å². The lowest BCUT2D eigenvalue weighted by Crippen LogP contribution is -2.18. The van der Waals surface area contributed by atoms with Crippen molar-refractivity contribution in [2.75, 3.05) is 5.32 Å². The summed E-state index contributed by atoms with van der Waals surface area (Å²) in [6.07, 6.45) is 0.640. The second-order valence-corrected chi connectivity index (χ2v) is 6.68. The number of carbonyl (C=O) groups excluding carboxylic acids is 1. The molecule has 3 nitrogen and oxygen atoms in total. The van der Waals surface area contributed by atoms with Gasteiger partial charge in [0.05, 0.1) is 0 Å². The minimum Gasteiger partial charge on any atom is -0.508 e. The van der Waals surface area contributed by atoms with Crippen molar-refractivity contribution in [2.45, 2.75) is 52.4 Å². The van der Waals surface area contributed by atoms with Gasteiger partial charge < -0.3 is 10.4 Å². The zero-order valence-electron chi connectivity index (χ0n) is 12.1. The average molecular weight is 249 g/mol. The van der Waals surface area contributed by atoms with Gasteiger partial charge in [0.2, 0.25) is 6.41 Å². The summed E-state index contributed by atoms with van der Waals surface area (Å²) >= 11 is 0. The lowest BCUT2D eigenvalue weighted by Gasteiger charge is -2.28. The summed E-state index contributed by atoms with van der Waals surface area (Å²) in [6.45, 7) is 12.4. The fourth-order valence-corrected chi connectivity index (χ4v) is 1.99. The SMILES string of the molecule is CC(C)(C)c1cc(C(C)(C)C)c(NC=O)cc1O. The third-order valence-corrected chi connectivity index (χ3v) is 2.97. The van der Waals surface area contributed by atoms with Gasteiger partial charge in [0.15, 0.2) is 0 Å². The molecule has 0 aliphatic heterocycles. The predicted molar refractivity (Wildman–Crippen MR) is 75.2 cm³/mol. The molecule has 1 amide bonds. The zero-order chi connectivity index (χ0) is 14.1. The summed E-state index contributed by atoms with van der Waals surface area (Å²) in [7, 11) is 0. The summed E-state index contributed by atoms with van der Waals surface area (Å²) in [5.41, 5.74) is 2.35. The molecule has 0 atom stereocenters. The third kappa shape index (κ3) is 3.03. The zero-order valence-corrected chi connectivity index (χ0v) is 12.1. The van der Waals surface area contributed by atoms with E-state index in [9.17, 15) is 9.90 Å². The summed E-state index contributed by atoms with van der Waals surface area (Å²) in [4.78, 5) is 10.7. The number of amides is 1. The van der Waals surface area contributed by atoms with Crippen LogP contribution in [-0.2, 0) is 15.6 Å². The highest BCUT2D eigenvalue weighted by Gasteiger charge is 2.25. The van der Waals surface area contributed by atoms with E-state index in [0.717, 1.165) is 11.1 Å². The van der Waals surface area contributed by atoms with Crippen LogP contribution in [0.2, 0.25) is 0 Å². The van der Waals surface area contributed by atoms with E-state index in [1.54, 1.807) is 6.07 Å². The second-order valence-electron chi connectivity index (χ2n) is 6.68. The van der Waals surface area contributed by atoms with Crippen LogP contribution in [0.5, 0.6) is 5.75 Å². The Hall–Kier alpha value is -1.51. The largest absolute Gasteiger partial charge is 0.508 e. The van der Waals surface area contributed by atoms with Crippen LogP contribution in [-0.4, -0.2) is 11.5 Å². The summed E-state index contributed by atoms with van der Waals surface area (Å²) in [6, 6.07) is 3.62. The van der Waals surface area contributed by atoms with E-state index in [-0.39, 0.29) is 16.6 Å². The van der Waals surface area contributed by atoms with Crippen molar-refractivity contribution in [1.29, 1.82) is 0 Å². The Bertz CT molecular complexity index is 451. The van der Waals surface area contributed by atoms with Crippen LogP contribution >= 0.6 is 0 Å². The first-order chi connectivity index (χ1) is 8.07. The number of phenolic OH excluding ortho intramolecular Hbond substituents is 1. The molecule has 100 valence electrons. The smallest absolute Gasteiger partial charge is 0.211 e. The Morgan fingerprint density at radius 3 is 1.89 bits per heavy atom. The molecule has 0 unspecified atom stereocenters. The number of rotatable bonds is 2. The number of aromatic hydroxyl groups is 1. The van der Waals surface area contributed by atoms with E-state index in [0.29, 0.717) is 12.1 Å². The molecule has 18 heavy (non-hydrogen) atoms. The standard InChI is InChI=1S/C15H23NO2/c1-14(2,3)10-7-11(15(4,5)6)13(18)8-12(10)16-9-17/h7-9,18H,1-6H3,(H,16,17). The molecule has 0 saturated heterocycles. The van der Waals surface area contributed by atoms with Crippen LogP contribution in [0.3, 0.4) is 0 Å². The molecule has 0 spiro atoms. The molecule has 1 aromatic carbocycles. The average Bonchev–Trinajstić information content (AvgIpc) is 2.13. The Morgan fingerprint density at radius 2 is 1.50 bits per heavy atom. The van der Waals surface area contributed by atoms with Gasteiger partial charge in [-0.2, -0.15) is 0 Å². The van der Waals surface area contributed by atoms with Crippen molar-refractivity contribution < 1.29 is 9.90 Å². The third-order valence-electron chi connectivity index (χ3n) is 2.97. The predicted octanol–water partition coefficient (Wildman–Crippen LogP) is 3.56. The Morgan fingerprint density at radius 1 is 1.00 bits per heavy atom. The van der Waals surface area contributed by atoms with E-state index < -0.39 is 0 Å². The molecule has 0 aliphatic rings. The van der Waals surface area contributed by atoms with E-state index in [1.807, 2.05) is 6.07 Å². The van der Waals surface area contributed by atoms with Crippen molar-refractivity contribution in [2.24, 2.45) is 0 Å². The Kier molecular flexibility index (Phi) is 3.75. The number of carbonyl (C=O) groups is 1. The number of hydrogen-bond donors (Lipinski definition) is 2. The molecular weight excluding hydrogens is 226 g/mol. The highest BCUT2D eigenvalue weighted by Crippen LogP contribution is 2.39. The van der Waals surface area contributed by atoms with Gasteiger partial charge >= 0.3 is 0 Å². The van der Waals surface area contributed by atoms with Crippen molar-refractivity contribution in [1.82, 2.24) is 0 Å². The number of nitrogens with one attached hydrogen (secondary N) is 1. The quantitative estimate of drug-likeness (QED) is 0.787. The minimum absolute atomic E-state index is 0.0982. The molecule has 0 bridgehead atoms. The van der Waals surface area contributed by atoms with Crippen LogP contribution in [0, 0.1) is 0 Å². The van der Waals surface area contributed by atoms with Gasteiger partial charge in [0.1, 0.15) is 5.75 Å². The first-order valence-corrected chi connectivity index (χ1v) is 6.15. The number of benzene rings is 1. The second kappa shape index (κ2) is 4.63. The molecule has 0 fully saturated rings. The highest BCUT2D eigenvalue weighted by atomic mass is 16.3. The van der Waals surface area contributed by atoms with Gasteiger partial charge in [-0.25, -0.2) is 0 Å². The highest BCUT2D eigenvalue weighted by molar-refractivity contribution is 5.76. The molecule has 0 radical (unpaired) electrons. The normalized spacial score (nSPS) is 12.3. The van der Waals surface area contributed by atoms with Gasteiger partial charge in [0, 0.05) is 11.8 Å². The molecular formula is C15H23NO2. The fourth-order valence-electron chi connectivity index (χ4n) is 1.99. The molecule has 0 saturated carbocycles. The molecule has 0 aliphatic carbocycles. The number of hydrogen-bond acceptors (Lipinski definition) is 2. The summed E-state index contributed by atoms with van der Waals surface area (Å²) in [5.74, 6) is 0.222. The van der Waals surface area contributed by atoms with E-state index >= 15 is 0 Å². The van der Waals surface area contributed by atoms with E-state index in [1.165, 1.54) is 0 Å². The molecule has 3 heteroatoms. The van der Waals surface area contributed by atoms with Gasteiger partial charge in [-0.05, 0) is 28.0 Å². The maximum absolute atomic E-state index is 10.7. The number of phenols is 1.